The molecular weight excluding hydrogens is 514 g/mol. The highest BCUT2D eigenvalue weighted by Crippen LogP contribution is 2.43. The fraction of sp³-hybridized carbons (Fsp3) is 0.548. The molecule has 0 bridgehead atoms. The highest BCUT2D eigenvalue weighted by atomic mass is 35.5. The van der Waals surface area contributed by atoms with E-state index in [1.165, 1.54) is 0 Å². The molecule has 4 rings (SSSR count). The number of hydrogen-bond acceptors (Lipinski definition) is 5. The number of hydrogen-bond donors (Lipinski definition) is 3. The first-order valence-corrected chi connectivity index (χ1v) is 14.5. The zero-order valence-electron chi connectivity index (χ0n) is 23.1. The Morgan fingerprint density at radius 1 is 1.21 bits per heavy atom. The number of amides is 2. The lowest BCUT2D eigenvalue weighted by Crippen LogP contribution is -2.50. The fourth-order valence-electron chi connectivity index (χ4n) is 6.54. The smallest absolute Gasteiger partial charge is 0.404 e. The minimum Gasteiger partial charge on any atom is -0.450 e. The molecule has 0 radical (unpaired) electrons. The van der Waals surface area contributed by atoms with Gasteiger partial charge in [-0.3, -0.25) is 4.79 Å². The zero-order valence-corrected chi connectivity index (χ0v) is 23.9. The average Bonchev–Trinajstić information content (AvgIpc) is 3.41. The highest BCUT2D eigenvalue weighted by Gasteiger charge is 2.44. The molecule has 0 spiro atoms. The van der Waals surface area contributed by atoms with Crippen molar-refractivity contribution in [2.45, 2.75) is 69.9 Å². The summed E-state index contributed by atoms with van der Waals surface area (Å²) < 4.78 is 5.00. The van der Waals surface area contributed by atoms with E-state index < -0.39 is 11.7 Å². The normalized spacial score (nSPS) is 22.9. The summed E-state index contributed by atoms with van der Waals surface area (Å²) in [5.41, 5.74) is 7.87. The maximum atomic E-state index is 13.5. The highest BCUT2D eigenvalue weighted by molar-refractivity contribution is 6.31. The van der Waals surface area contributed by atoms with Gasteiger partial charge in [0.25, 0.3) is 0 Å². The first kappa shape index (κ1) is 29.4. The summed E-state index contributed by atoms with van der Waals surface area (Å²) in [6.07, 6.45) is 4.94. The lowest BCUT2D eigenvalue weighted by atomic mass is 9.72. The van der Waals surface area contributed by atoms with Gasteiger partial charge in [-0.15, -0.1) is 0 Å². The van der Waals surface area contributed by atoms with Crippen LogP contribution in [0.1, 0.15) is 67.2 Å². The number of likely N-dealkylation sites (tertiary alicyclic amines) is 1. The molecule has 1 saturated heterocycles. The molecule has 1 saturated carbocycles. The molecule has 8 heteroatoms. The van der Waals surface area contributed by atoms with Crippen molar-refractivity contribution in [1.82, 2.24) is 10.2 Å². The van der Waals surface area contributed by atoms with Gasteiger partial charge in [-0.2, -0.15) is 0 Å². The van der Waals surface area contributed by atoms with Gasteiger partial charge in [0.1, 0.15) is 0 Å². The minimum atomic E-state index is -1.26. The van der Waals surface area contributed by atoms with Crippen LogP contribution in [0.4, 0.5) is 4.79 Å². The van der Waals surface area contributed by atoms with Gasteiger partial charge in [0.05, 0.1) is 12.2 Å². The third-order valence-electron chi connectivity index (χ3n) is 8.59. The van der Waals surface area contributed by atoms with Gasteiger partial charge in [-0.25, -0.2) is 4.79 Å². The number of nitrogens with two attached hydrogens (primary N) is 1. The number of benzene rings is 2. The number of halogens is 1. The number of rotatable bonds is 10. The van der Waals surface area contributed by atoms with E-state index in [1.54, 1.807) is 0 Å². The Balaban J connectivity index is 1.63. The van der Waals surface area contributed by atoms with Crippen LogP contribution in [0, 0.1) is 18.8 Å². The summed E-state index contributed by atoms with van der Waals surface area (Å²) in [7, 11) is 1.95. The average molecular weight is 556 g/mol. The molecule has 1 aliphatic heterocycles. The van der Waals surface area contributed by atoms with Crippen LogP contribution in [-0.2, 0) is 21.6 Å². The quantitative estimate of drug-likeness (QED) is 0.361. The van der Waals surface area contributed by atoms with Crippen LogP contribution in [0.3, 0.4) is 0 Å². The van der Waals surface area contributed by atoms with Gasteiger partial charge < -0.3 is 25.8 Å². The van der Waals surface area contributed by atoms with E-state index in [9.17, 15) is 14.7 Å². The van der Waals surface area contributed by atoms with Gasteiger partial charge in [-0.1, -0.05) is 53.6 Å². The van der Waals surface area contributed by atoms with Gasteiger partial charge >= 0.3 is 6.09 Å². The Morgan fingerprint density at radius 3 is 2.72 bits per heavy atom. The predicted octanol–water partition coefficient (Wildman–Crippen LogP) is 4.93. The number of piperidine rings is 1. The lowest BCUT2D eigenvalue weighted by molar-refractivity contribution is -0.141. The van der Waals surface area contributed by atoms with Crippen LogP contribution < -0.4 is 11.1 Å². The molecule has 4 atom stereocenters. The van der Waals surface area contributed by atoms with Crippen LogP contribution in [0.5, 0.6) is 0 Å². The lowest BCUT2D eigenvalue weighted by Gasteiger charge is -2.44. The van der Waals surface area contributed by atoms with E-state index in [1.807, 2.05) is 36.2 Å². The van der Waals surface area contributed by atoms with E-state index in [2.05, 4.69) is 30.4 Å². The van der Waals surface area contributed by atoms with Crippen molar-refractivity contribution in [2.24, 2.45) is 17.6 Å². The molecular formula is C31H42ClN3O4. The number of nitrogens with zero attached hydrogens (tertiary/aromatic N) is 1. The Bertz CT molecular complexity index is 1160. The number of carbonyl (C=O) groups excluding carboxylic acids is 2. The Kier molecular flexibility index (Phi) is 9.91. The zero-order chi connectivity index (χ0) is 28.0. The first-order valence-electron chi connectivity index (χ1n) is 14.1. The van der Waals surface area contributed by atoms with Crippen molar-refractivity contribution >= 4 is 23.6 Å². The summed E-state index contributed by atoms with van der Waals surface area (Å²) in [5.74, 6) is 0.0456. The molecule has 2 aromatic rings. The van der Waals surface area contributed by atoms with E-state index in [4.69, 9.17) is 22.1 Å². The predicted molar refractivity (Wildman–Crippen MR) is 154 cm³/mol. The largest absolute Gasteiger partial charge is 0.450 e. The fourth-order valence-corrected chi connectivity index (χ4v) is 6.78. The van der Waals surface area contributed by atoms with Crippen molar-refractivity contribution in [1.29, 1.82) is 0 Å². The molecule has 2 aliphatic rings. The number of ether oxygens (including phenoxy) is 1. The van der Waals surface area contributed by atoms with Crippen LogP contribution in [0.15, 0.2) is 42.5 Å². The summed E-state index contributed by atoms with van der Waals surface area (Å²) in [4.78, 5) is 26.7. The molecule has 2 fully saturated rings. The number of aliphatic hydroxyl groups is 1. The van der Waals surface area contributed by atoms with Gasteiger partial charge in [0, 0.05) is 36.0 Å². The summed E-state index contributed by atoms with van der Waals surface area (Å²) in [5, 5.41) is 16.5. The van der Waals surface area contributed by atoms with Gasteiger partial charge in [0.15, 0.2) is 0 Å². The van der Waals surface area contributed by atoms with Gasteiger partial charge in [-0.05, 0) is 88.1 Å². The third kappa shape index (κ3) is 7.13. The molecule has 2 amide bonds. The van der Waals surface area contributed by atoms with Gasteiger partial charge in [0.2, 0.25) is 5.91 Å². The molecule has 2 aromatic carbocycles. The van der Waals surface area contributed by atoms with Crippen LogP contribution in [0.2, 0.25) is 5.02 Å². The number of carbonyl (C=O) groups is 2. The molecule has 1 heterocycles. The molecule has 4 N–H and O–H groups in total. The topological polar surface area (TPSA) is 105 Å². The second-order valence-electron chi connectivity index (χ2n) is 11.2. The Labute approximate surface area is 237 Å². The first-order chi connectivity index (χ1) is 18.7. The molecule has 7 nitrogen and oxygen atoms in total. The molecule has 39 heavy (non-hydrogen) atoms. The van der Waals surface area contributed by atoms with Crippen molar-refractivity contribution in [2.75, 3.05) is 26.7 Å². The van der Waals surface area contributed by atoms with Crippen molar-refractivity contribution in [3.05, 3.63) is 69.7 Å². The maximum absolute atomic E-state index is 13.5. The van der Waals surface area contributed by atoms with Crippen molar-refractivity contribution < 1.29 is 19.4 Å². The SMILES string of the molecule is CNC1CCC(C(=O)N2CCCC(C(O)(CCCOC(N)=O)c3cccc(Cl)c3Cc3cccc(C)c3)C2)C1. The Hall–Kier alpha value is -2.61. The maximum Gasteiger partial charge on any atom is 0.404 e. The molecule has 212 valence electrons. The molecule has 4 unspecified atom stereocenters. The van der Waals surface area contributed by atoms with E-state index in [-0.39, 0.29) is 24.3 Å². The number of aryl methyl sites for hydroxylation is 1. The van der Waals surface area contributed by atoms with E-state index >= 15 is 0 Å². The van der Waals surface area contributed by atoms with Crippen LogP contribution in [-0.4, -0.2) is 54.8 Å². The van der Waals surface area contributed by atoms with E-state index in [0.29, 0.717) is 43.4 Å². The van der Waals surface area contributed by atoms with Crippen LogP contribution >= 0.6 is 11.6 Å². The number of primary amides is 1. The summed E-state index contributed by atoms with van der Waals surface area (Å²) in [6.45, 7) is 3.38. The molecule has 0 aromatic heterocycles. The number of nitrogens with one attached hydrogen (secondary N) is 1. The van der Waals surface area contributed by atoms with Crippen LogP contribution in [0.25, 0.3) is 0 Å². The Morgan fingerprint density at radius 2 is 2.00 bits per heavy atom. The van der Waals surface area contributed by atoms with E-state index in [0.717, 1.165) is 54.4 Å². The minimum absolute atomic E-state index is 0.0290. The van der Waals surface area contributed by atoms with Crippen molar-refractivity contribution in [3.8, 4) is 0 Å². The second-order valence-corrected chi connectivity index (χ2v) is 11.7. The van der Waals surface area contributed by atoms with Crippen molar-refractivity contribution in [3.63, 3.8) is 0 Å². The summed E-state index contributed by atoms with van der Waals surface area (Å²) >= 11 is 6.79. The third-order valence-corrected chi connectivity index (χ3v) is 8.95. The monoisotopic (exact) mass is 555 g/mol. The second kappa shape index (κ2) is 13.2. The molecule has 1 aliphatic carbocycles. The standard InChI is InChI=1S/C31H42ClN3O4/c1-21-7-3-8-22(17-21)18-26-27(10-4-11-28(26)32)31(38,14-6-16-39-30(33)37)24-9-5-15-35(20-24)29(36)23-12-13-25(19-23)34-2/h3-4,7-8,10-11,17,23-25,34,38H,5-6,9,12-16,18-20H2,1-2H3,(H2,33,37). The summed E-state index contributed by atoms with van der Waals surface area (Å²) in [6, 6.07) is 14.4.